The summed E-state index contributed by atoms with van der Waals surface area (Å²) < 4.78 is 0. The van der Waals surface area contributed by atoms with Crippen LogP contribution in [0.25, 0.3) is 0 Å². The Kier molecular flexibility index (Phi) is 5.68. The second-order valence-electron chi connectivity index (χ2n) is 6.58. The van der Waals surface area contributed by atoms with Gasteiger partial charge in [0, 0.05) is 52.2 Å². The van der Waals surface area contributed by atoms with Crippen LogP contribution in [-0.2, 0) is 16.1 Å². The summed E-state index contributed by atoms with van der Waals surface area (Å²) in [7, 11) is 0. The molecule has 0 aromatic carbocycles. The van der Waals surface area contributed by atoms with Gasteiger partial charge in [-0.25, -0.2) is 0 Å². The van der Waals surface area contributed by atoms with E-state index in [2.05, 4.69) is 28.3 Å². The standard InChI is InChI=1S/C18H25N3O2S/c1-2-5-21-13-16(11-17(21)22)18(23)20-7-3-6-19(8-9-20)12-15-4-10-24-14-15/h2,4,10,14,16H,1,3,5-9,11-13H2. The lowest BCUT2D eigenvalue weighted by atomic mass is 10.1. The van der Waals surface area contributed by atoms with Crippen LogP contribution in [0.2, 0.25) is 0 Å². The summed E-state index contributed by atoms with van der Waals surface area (Å²) in [5, 5.41) is 4.29. The SMILES string of the molecule is C=CCN1CC(C(=O)N2CCCN(Cc3ccsc3)CC2)CC1=O. The molecule has 0 N–H and O–H groups in total. The smallest absolute Gasteiger partial charge is 0.228 e. The molecule has 6 heteroatoms. The van der Waals surface area contributed by atoms with Gasteiger partial charge in [0.25, 0.3) is 0 Å². The molecule has 0 spiro atoms. The average Bonchev–Trinajstić information content (AvgIpc) is 3.13. The third kappa shape index (κ3) is 4.05. The lowest BCUT2D eigenvalue weighted by Gasteiger charge is -2.24. The minimum atomic E-state index is -0.180. The number of carbonyl (C=O) groups excluding carboxylic acids is 2. The summed E-state index contributed by atoms with van der Waals surface area (Å²) in [5.41, 5.74) is 1.35. The molecule has 3 heterocycles. The fourth-order valence-electron chi connectivity index (χ4n) is 3.52. The summed E-state index contributed by atoms with van der Waals surface area (Å²) in [6.45, 7) is 9.19. The van der Waals surface area contributed by atoms with Crippen LogP contribution in [0.4, 0.5) is 0 Å². The van der Waals surface area contributed by atoms with E-state index in [-0.39, 0.29) is 17.7 Å². The summed E-state index contributed by atoms with van der Waals surface area (Å²) in [5.74, 6) is 0.0373. The first-order valence-electron chi connectivity index (χ1n) is 8.58. The highest BCUT2D eigenvalue weighted by atomic mass is 32.1. The Balaban J connectivity index is 1.53. The molecular weight excluding hydrogens is 322 g/mol. The molecular formula is C18H25N3O2S. The molecule has 24 heavy (non-hydrogen) atoms. The first-order valence-corrected chi connectivity index (χ1v) is 9.52. The molecule has 0 saturated carbocycles. The molecule has 1 atom stereocenters. The van der Waals surface area contributed by atoms with Gasteiger partial charge in [0.05, 0.1) is 5.92 Å². The number of carbonyl (C=O) groups is 2. The highest BCUT2D eigenvalue weighted by Crippen LogP contribution is 2.21. The number of hydrogen-bond acceptors (Lipinski definition) is 4. The number of hydrogen-bond donors (Lipinski definition) is 0. The molecule has 5 nitrogen and oxygen atoms in total. The van der Waals surface area contributed by atoms with Crippen molar-refractivity contribution in [2.45, 2.75) is 19.4 Å². The molecule has 130 valence electrons. The first-order chi connectivity index (χ1) is 11.7. The maximum absolute atomic E-state index is 12.8. The van der Waals surface area contributed by atoms with Crippen molar-refractivity contribution in [2.75, 3.05) is 39.3 Å². The molecule has 2 fully saturated rings. The van der Waals surface area contributed by atoms with E-state index >= 15 is 0 Å². The van der Waals surface area contributed by atoms with Crippen LogP contribution in [0.15, 0.2) is 29.5 Å². The van der Waals surface area contributed by atoms with Gasteiger partial charge in [0.15, 0.2) is 0 Å². The fraction of sp³-hybridized carbons (Fsp3) is 0.556. The van der Waals surface area contributed by atoms with Gasteiger partial charge in [0.1, 0.15) is 0 Å². The van der Waals surface area contributed by atoms with Gasteiger partial charge in [-0.15, -0.1) is 6.58 Å². The molecule has 3 rings (SSSR count). The third-order valence-electron chi connectivity index (χ3n) is 4.80. The summed E-state index contributed by atoms with van der Waals surface area (Å²) in [4.78, 5) is 30.8. The van der Waals surface area contributed by atoms with Crippen LogP contribution in [0, 0.1) is 5.92 Å². The zero-order chi connectivity index (χ0) is 16.9. The normalized spacial score (nSPS) is 22.7. The summed E-state index contributed by atoms with van der Waals surface area (Å²) in [6.07, 6.45) is 3.06. The predicted octanol–water partition coefficient (Wildman–Crippen LogP) is 1.82. The molecule has 2 aliphatic heterocycles. The zero-order valence-corrected chi connectivity index (χ0v) is 14.8. The largest absolute Gasteiger partial charge is 0.341 e. The maximum atomic E-state index is 12.8. The monoisotopic (exact) mass is 347 g/mol. The quantitative estimate of drug-likeness (QED) is 0.763. The molecule has 1 aromatic rings. The van der Waals surface area contributed by atoms with E-state index in [1.54, 1.807) is 22.3 Å². The predicted molar refractivity (Wildman–Crippen MR) is 95.7 cm³/mol. The number of nitrogens with zero attached hydrogens (tertiary/aromatic N) is 3. The minimum absolute atomic E-state index is 0.0714. The van der Waals surface area contributed by atoms with Gasteiger partial charge in [-0.1, -0.05) is 6.08 Å². The van der Waals surface area contributed by atoms with Crippen molar-refractivity contribution in [3.63, 3.8) is 0 Å². The second-order valence-corrected chi connectivity index (χ2v) is 7.36. The lowest BCUT2D eigenvalue weighted by molar-refractivity contribution is -0.135. The number of rotatable bonds is 5. The van der Waals surface area contributed by atoms with Crippen LogP contribution < -0.4 is 0 Å². The van der Waals surface area contributed by atoms with Gasteiger partial charge in [-0.2, -0.15) is 11.3 Å². The van der Waals surface area contributed by atoms with Crippen molar-refractivity contribution >= 4 is 23.2 Å². The van der Waals surface area contributed by atoms with Crippen molar-refractivity contribution in [1.29, 1.82) is 0 Å². The molecule has 2 amide bonds. The zero-order valence-electron chi connectivity index (χ0n) is 14.0. The fourth-order valence-corrected chi connectivity index (χ4v) is 4.18. The highest BCUT2D eigenvalue weighted by Gasteiger charge is 2.36. The molecule has 0 bridgehead atoms. The highest BCUT2D eigenvalue weighted by molar-refractivity contribution is 7.07. The van der Waals surface area contributed by atoms with Crippen LogP contribution >= 0.6 is 11.3 Å². The summed E-state index contributed by atoms with van der Waals surface area (Å²) >= 11 is 1.73. The van der Waals surface area contributed by atoms with Gasteiger partial charge >= 0.3 is 0 Å². The van der Waals surface area contributed by atoms with Gasteiger partial charge in [-0.05, 0) is 28.8 Å². The van der Waals surface area contributed by atoms with E-state index in [0.29, 0.717) is 19.5 Å². The van der Waals surface area contributed by atoms with Crippen molar-refractivity contribution in [1.82, 2.24) is 14.7 Å². The van der Waals surface area contributed by atoms with E-state index in [0.717, 1.165) is 39.1 Å². The van der Waals surface area contributed by atoms with Gasteiger partial charge in [0.2, 0.25) is 11.8 Å². The molecule has 0 aliphatic carbocycles. The lowest BCUT2D eigenvalue weighted by Crippen LogP contribution is -2.39. The minimum Gasteiger partial charge on any atom is -0.341 e. The Morgan fingerprint density at radius 1 is 1.33 bits per heavy atom. The Labute approximate surface area is 147 Å². The van der Waals surface area contributed by atoms with Crippen LogP contribution in [0.5, 0.6) is 0 Å². The van der Waals surface area contributed by atoms with Crippen molar-refractivity contribution in [2.24, 2.45) is 5.92 Å². The Morgan fingerprint density at radius 3 is 2.96 bits per heavy atom. The maximum Gasteiger partial charge on any atom is 0.228 e. The van der Waals surface area contributed by atoms with Crippen molar-refractivity contribution in [3.8, 4) is 0 Å². The van der Waals surface area contributed by atoms with Crippen LogP contribution in [-0.4, -0.2) is 65.8 Å². The van der Waals surface area contributed by atoms with E-state index in [4.69, 9.17) is 0 Å². The Bertz CT molecular complexity index is 587. The van der Waals surface area contributed by atoms with Crippen LogP contribution in [0.3, 0.4) is 0 Å². The van der Waals surface area contributed by atoms with E-state index in [1.165, 1.54) is 5.56 Å². The van der Waals surface area contributed by atoms with E-state index in [1.807, 2.05) is 4.90 Å². The first kappa shape index (κ1) is 17.2. The Hall–Kier alpha value is -1.66. The number of amides is 2. The molecule has 2 aliphatic rings. The second kappa shape index (κ2) is 7.94. The van der Waals surface area contributed by atoms with E-state index < -0.39 is 0 Å². The Morgan fingerprint density at radius 2 is 2.21 bits per heavy atom. The summed E-state index contributed by atoms with van der Waals surface area (Å²) in [6, 6.07) is 2.16. The molecule has 0 radical (unpaired) electrons. The molecule has 1 aromatic heterocycles. The topological polar surface area (TPSA) is 43.9 Å². The van der Waals surface area contributed by atoms with Gasteiger partial charge < -0.3 is 9.80 Å². The van der Waals surface area contributed by atoms with Crippen molar-refractivity contribution in [3.05, 3.63) is 35.0 Å². The molecule has 2 saturated heterocycles. The number of likely N-dealkylation sites (tertiary alicyclic amines) is 1. The van der Waals surface area contributed by atoms with Crippen molar-refractivity contribution < 1.29 is 9.59 Å². The average molecular weight is 347 g/mol. The number of thiophene rings is 1. The molecule has 1 unspecified atom stereocenters. The van der Waals surface area contributed by atoms with Gasteiger partial charge in [-0.3, -0.25) is 14.5 Å². The van der Waals surface area contributed by atoms with Crippen LogP contribution in [0.1, 0.15) is 18.4 Å². The van der Waals surface area contributed by atoms with E-state index in [9.17, 15) is 9.59 Å². The third-order valence-corrected chi connectivity index (χ3v) is 5.53.